The van der Waals surface area contributed by atoms with Crippen LogP contribution in [0.2, 0.25) is 0 Å². The molecular formula is C67H69N3. The van der Waals surface area contributed by atoms with E-state index in [-0.39, 0.29) is 0 Å². The van der Waals surface area contributed by atoms with Crippen LogP contribution in [0.1, 0.15) is 67.0 Å². The van der Waals surface area contributed by atoms with Crippen LogP contribution in [0.3, 0.4) is 0 Å². The molecule has 3 nitrogen and oxygen atoms in total. The van der Waals surface area contributed by atoms with Crippen molar-refractivity contribution < 1.29 is 0 Å². The van der Waals surface area contributed by atoms with Gasteiger partial charge in [-0.15, -0.1) is 0 Å². The lowest BCUT2D eigenvalue weighted by Gasteiger charge is -2.27. The van der Waals surface area contributed by atoms with Gasteiger partial charge in [-0.25, -0.2) is 0 Å². The van der Waals surface area contributed by atoms with Crippen LogP contribution in [0.4, 0.5) is 17.1 Å². The second-order valence-corrected chi connectivity index (χ2v) is 18.5. The van der Waals surface area contributed by atoms with Gasteiger partial charge in [0.25, 0.3) is 0 Å². The highest BCUT2D eigenvalue weighted by atomic mass is 15.1. The molecule has 0 fully saturated rings. The summed E-state index contributed by atoms with van der Waals surface area (Å²) < 4.78 is 4.80. The van der Waals surface area contributed by atoms with Crippen molar-refractivity contribution in [2.75, 3.05) is 4.90 Å². The van der Waals surface area contributed by atoms with Crippen LogP contribution in [0.5, 0.6) is 0 Å². The van der Waals surface area contributed by atoms with Crippen molar-refractivity contribution in [1.29, 1.82) is 0 Å². The Bertz CT molecular complexity index is 3390. The van der Waals surface area contributed by atoms with Crippen LogP contribution < -0.4 is 4.90 Å². The van der Waals surface area contributed by atoms with E-state index in [9.17, 15) is 0 Å². The lowest BCUT2D eigenvalue weighted by Crippen LogP contribution is -2.10. The minimum absolute atomic E-state index is 0.949. The highest BCUT2D eigenvalue weighted by molar-refractivity contribution is 6.10. The summed E-state index contributed by atoms with van der Waals surface area (Å²) in [6.07, 6.45) is 3.47. The van der Waals surface area contributed by atoms with Gasteiger partial charge in [-0.1, -0.05) is 181 Å². The van der Waals surface area contributed by atoms with Gasteiger partial charge in [0.1, 0.15) is 0 Å². The molecule has 0 unspecified atom stereocenters. The first-order valence-electron chi connectivity index (χ1n) is 25.3. The molecule has 0 radical (unpaired) electrons. The summed E-state index contributed by atoms with van der Waals surface area (Å²) in [6, 6.07) is 76.3. The van der Waals surface area contributed by atoms with Gasteiger partial charge in [0.15, 0.2) is 0 Å². The summed E-state index contributed by atoms with van der Waals surface area (Å²) in [5.74, 6) is 0. The van der Waals surface area contributed by atoms with E-state index in [1.54, 1.807) is 0 Å². The number of hydrogen-bond acceptors (Lipinski definition) is 1. The van der Waals surface area contributed by atoms with Gasteiger partial charge in [0.2, 0.25) is 0 Å². The normalized spacial score (nSPS) is 10.9. The van der Waals surface area contributed by atoms with E-state index in [1.807, 2.05) is 36.4 Å². The molecule has 0 saturated heterocycles. The topological polar surface area (TPSA) is 13.1 Å². The second kappa shape index (κ2) is 23.1. The lowest BCUT2D eigenvalue weighted by atomic mass is 9.91. The Hall–Kier alpha value is -7.62. The second-order valence-electron chi connectivity index (χ2n) is 18.5. The van der Waals surface area contributed by atoms with Crippen LogP contribution in [-0.4, -0.2) is 9.13 Å². The smallest absolute Gasteiger partial charge is 0.0492 e. The highest BCUT2D eigenvalue weighted by Crippen LogP contribution is 2.41. The molecule has 0 N–H and O–H groups in total. The van der Waals surface area contributed by atoms with E-state index in [0.717, 1.165) is 25.2 Å². The number of fused-ring (bicyclic) bond motifs is 6. The number of aryl methyl sites for hydroxylation is 8. The van der Waals surface area contributed by atoms with Crippen LogP contribution in [-0.2, 0) is 19.5 Å². The first-order chi connectivity index (χ1) is 34.2. The largest absolute Gasteiger partial charge is 0.341 e. The zero-order valence-corrected chi connectivity index (χ0v) is 42.6. The van der Waals surface area contributed by atoms with E-state index < -0.39 is 0 Å². The summed E-state index contributed by atoms with van der Waals surface area (Å²) >= 11 is 0. The van der Waals surface area contributed by atoms with Crippen molar-refractivity contribution in [3.8, 4) is 11.1 Å². The van der Waals surface area contributed by atoms with Crippen molar-refractivity contribution in [2.24, 2.45) is 0 Å². The number of unbranched alkanes of at least 4 members (excludes halogenated alkanes) is 1. The third kappa shape index (κ3) is 11.1. The molecule has 70 heavy (non-hydrogen) atoms. The molecule has 0 spiro atoms. The van der Waals surface area contributed by atoms with Crippen molar-refractivity contribution in [3.05, 3.63) is 246 Å². The maximum atomic E-state index is 2.42. The Morgan fingerprint density at radius 1 is 0.343 bits per heavy atom. The number of para-hydroxylation sites is 3. The molecule has 352 valence electrons. The van der Waals surface area contributed by atoms with Gasteiger partial charge < -0.3 is 14.0 Å². The van der Waals surface area contributed by atoms with E-state index in [1.165, 1.54) is 112 Å². The maximum Gasteiger partial charge on any atom is 0.0492 e. The average molecular weight is 916 g/mol. The van der Waals surface area contributed by atoms with Crippen molar-refractivity contribution >= 4 is 60.7 Å². The summed E-state index contributed by atoms with van der Waals surface area (Å²) in [7, 11) is 0. The average Bonchev–Trinajstić information content (AvgIpc) is 3.89. The number of hydrogen-bond donors (Lipinski definition) is 0. The van der Waals surface area contributed by atoms with Gasteiger partial charge >= 0.3 is 0 Å². The fraction of sp³-hybridized carbons (Fsp3) is 0.194. The third-order valence-electron chi connectivity index (χ3n) is 13.3. The van der Waals surface area contributed by atoms with E-state index in [2.05, 4.69) is 245 Å². The minimum atomic E-state index is 0.949. The molecule has 0 bridgehead atoms. The van der Waals surface area contributed by atoms with E-state index in [4.69, 9.17) is 0 Å². The van der Waals surface area contributed by atoms with Gasteiger partial charge in [-0.05, 0) is 150 Å². The van der Waals surface area contributed by atoms with Crippen LogP contribution in [0, 0.1) is 34.6 Å². The summed E-state index contributed by atoms with van der Waals surface area (Å²) in [6.45, 7) is 19.4. The number of aromatic nitrogens is 2. The molecule has 0 atom stereocenters. The minimum Gasteiger partial charge on any atom is -0.341 e. The zero-order chi connectivity index (χ0) is 49.0. The number of nitrogens with zero attached hydrogens (tertiary/aromatic N) is 3. The van der Waals surface area contributed by atoms with Crippen LogP contribution in [0.15, 0.2) is 212 Å². The number of anilines is 3. The van der Waals surface area contributed by atoms with E-state index in [0.29, 0.717) is 0 Å². The first kappa shape index (κ1) is 48.8. The molecule has 0 aliphatic carbocycles. The fourth-order valence-corrected chi connectivity index (χ4v) is 9.69. The van der Waals surface area contributed by atoms with E-state index >= 15 is 0 Å². The maximum absolute atomic E-state index is 2.42. The Balaban J connectivity index is 0.000000176. The number of benzene rings is 9. The Morgan fingerprint density at radius 2 is 0.800 bits per heavy atom. The summed E-state index contributed by atoms with van der Waals surface area (Å²) in [4.78, 5) is 2.41. The molecule has 0 amide bonds. The molecular weight excluding hydrogens is 847 g/mol. The monoisotopic (exact) mass is 916 g/mol. The molecule has 0 aliphatic rings. The van der Waals surface area contributed by atoms with Gasteiger partial charge in [-0.2, -0.15) is 0 Å². The van der Waals surface area contributed by atoms with Gasteiger partial charge in [0, 0.05) is 73.8 Å². The summed E-state index contributed by atoms with van der Waals surface area (Å²) in [5.41, 5.74) is 19.5. The highest BCUT2D eigenvalue weighted by Gasteiger charge is 2.19. The van der Waals surface area contributed by atoms with Crippen molar-refractivity contribution in [1.82, 2.24) is 9.13 Å². The molecule has 11 aromatic rings. The molecule has 11 rings (SSSR count). The molecule has 0 aliphatic heterocycles. The predicted molar refractivity (Wildman–Crippen MR) is 306 cm³/mol. The zero-order valence-electron chi connectivity index (χ0n) is 42.6. The molecule has 0 saturated carbocycles. The molecule has 2 aromatic heterocycles. The standard InChI is InChI=1S/C38H38N2.C15H15N.2C7H8/c1-5-7-13-29-20-21-31(25-35(29)34-24-27(3)18-19-28(34)4)40(30-14-9-8-10-15-30)32-22-23-38-36(26-32)33-16-11-12-17-37(33)39(38)6-2;1-3-16-14-7-5-4-6-12(14)13-10-11(2)8-9-15(13)16;2*1-7-5-3-2-4-6-7/h8-12,14-26H,5-7,13H2,1-4H3;4-10H,3H2,1-2H3;2*2-6H,1H3. The molecule has 9 aromatic carbocycles. The van der Waals surface area contributed by atoms with Crippen LogP contribution in [0.25, 0.3) is 54.7 Å². The Kier molecular flexibility index (Phi) is 16.1. The van der Waals surface area contributed by atoms with Crippen molar-refractivity contribution in [2.45, 2.75) is 87.7 Å². The summed E-state index contributed by atoms with van der Waals surface area (Å²) in [5, 5.41) is 5.34. The predicted octanol–water partition coefficient (Wildman–Crippen LogP) is 19.0. The molecule has 2 heterocycles. The molecule has 3 heteroatoms. The Labute approximate surface area is 417 Å². The SMILES string of the molecule is CCCCc1ccc(N(c2ccccc2)c2ccc3c(c2)c2ccccc2n3CC)cc1-c1cc(C)ccc1C.CCn1c2ccccc2c2cc(C)ccc21.Cc1ccccc1.Cc1ccccc1. The van der Waals surface area contributed by atoms with Crippen molar-refractivity contribution in [3.63, 3.8) is 0 Å². The first-order valence-corrected chi connectivity index (χ1v) is 25.3. The Morgan fingerprint density at radius 3 is 1.34 bits per heavy atom. The van der Waals surface area contributed by atoms with Crippen LogP contribution >= 0.6 is 0 Å². The quantitative estimate of drug-likeness (QED) is 0.141. The number of rotatable bonds is 9. The fourth-order valence-electron chi connectivity index (χ4n) is 9.69. The lowest BCUT2D eigenvalue weighted by molar-refractivity contribution is 0.796. The third-order valence-corrected chi connectivity index (χ3v) is 13.3. The van der Waals surface area contributed by atoms with Gasteiger partial charge in [-0.3, -0.25) is 0 Å². The van der Waals surface area contributed by atoms with Gasteiger partial charge in [0.05, 0.1) is 0 Å².